The average Bonchev–Trinajstić information content (AvgIpc) is 2.94. The van der Waals surface area contributed by atoms with E-state index < -0.39 is 5.91 Å². The molecule has 3 amide bonds. The fraction of sp³-hybridized carbons (Fsp3) is 0.105. The summed E-state index contributed by atoms with van der Waals surface area (Å²) in [6.07, 6.45) is 1.61. The lowest BCUT2D eigenvalue weighted by Gasteiger charge is -2.18. The number of nitrogens with zero attached hydrogens (tertiary/aromatic N) is 1. The Kier molecular flexibility index (Phi) is 5.89. The van der Waals surface area contributed by atoms with Crippen LogP contribution < -0.4 is 5.32 Å². The first-order valence-corrected chi connectivity index (χ1v) is 9.45. The van der Waals surface area contributed by atoms with Gasteiger partial charge in [0.1, 0.15) is 0 Å². The maximum Gasteiger partial charge on any atom is 0.290 e. The zero-order valence-electron chi connectivity index (χ0n) is 14.2. The summed E-state index contributed by atoms with van der Waals surface area (Å²) in [4.78, 5) is 37.3. The van der Waals surface area contributed by atoms with E-state index in [1.807, 2.05) is 0 Å². The van der Waals surface area contributed by atoms with Gasteiger partial charge < -0.3 is 4.90 Å². The highest BCUT2D eigenvalue weighted by atomic mass is 35.5. The second-order valence-electron chi connectivity index (χ2n) is 5.87. The Morgan fingerprint density at radius 1 is 1.15 bits per heavy atom. The van der Waals surface area contributed by atoms with Gasteiger partial charge in [-0.25, -0.2) is 0 Å². The highest BCUT2D eigenvalue weighted by molar-refractivity contribution is 8.18. The third-order valence-corrected chi connectivity index (χ3v) is 5.26. The van der Waals surface area contributed by atoms with Gasteiger partial charge in [-0.1, -0.05) is 41.4 Å². The molecular weight excluding hydrogens is 407 g/mol. The Bertz CT molecular complexity index is 958. The maximum atomic E-state index is 12.6. The molecule has 3 rings (SSSR count). The number of amides is 3. The van der Waals surface area contributed by atoms with E-state index in [0.29, 0.717) is 27.1 Å². The summed E-state index contributed by atoms with van der Waals surface area (Å²) in [6.45, 7) is 0.347. The van der Waals surface area contributed by atoms with Crippen LogP contribution in [0.15, 0.2) is 47.4 Å². The molecule has 8 heteroatoms. The molecule has 1 N–H and O–H groups in total. The minimum Gasteiger partial charge on any atom is -0.337 e. The fourth-order valence-corrected chi connectivity index (χ4v) is 3.64. The second kappa shape index (κ2) is 8.17. The number of hydrogen-bond acceptors (Lipinski definition) is 4. The predicted octanol–water partition coefficient (Wildman–Crippen LogP) is 4.59. The third-order valence-electron chi connectivity index (χ3n) is 3.87. The summed E-state index contributed by atoms with van der Waals surface area (Å²) in [5.41, 5.74) is 2.03. The lowest BCUT2D eigenvalue weighted by molar-refractivity contribution is -0.115. The lowest BCUT2D eigenvalue weighted by Crippen LogP contribution is -2.26. The van der Waals surface area contributed by atoms with E-state index in [1.165, 1.54) is 0 Å². The summed E-state index contributed by atoms with van der Waals surface area (Å²) < 4.78 is 0. The summed E-state index contributed by atoms with van der Waals surface area (Å²) in [5, 5.41) is 2.86. The number of imide groups is 1. The molecule has 0 aromatic heterocycles. The van der Waals surface area contributed by atoms with E-state index >= 15 is 0 Å². The van der Waals surface area contributed by atoms with Crippen LogP contribution in [-0.2, 0) is 11.3 Å². The number of rotatable bonds is 4. The van der Waals surface area contributed by atoms with Gasteiger partial charge in [0.05, 0.1) is 4.91 Å². The van der Waals surface area contributed by atoms with E-state index in [-0.39, 0.29) is 11.1 Å². The standard InChI is InChI=1S/C19H14Cl2N2O3S/c1-23(10-13-6-7-14(20)9-15(13)21)18(25)12-4-2-11(3-5-12)8-16-17(24)22-19(26)27-16/h2-9H,10H2,1H3,(H,22,24,26)/b16-8-. The Labute approximate surface area is 170 Å². The molecule has 1 aliphatic heterocycles. The second-order valence-corrected chi connectivity index (χ2v) is 7.73. The quantitative estimate of drug-likeness (QED) is 0.734. The van der Waals surface area contributed by atoms with Crippen molar-refractivity contribution in [2.24, 2.45) is 0 Å². The number of nitrogens with one attached hydrogen (secondary N) is 1. The van der Waals surface area contributed by atoms with E-state index in [1.54, 1.807) is 60.5 Å². The molecule has 0 saturated carbocycles. The predicted molar refractivity (Wildman–Crippen MR) is 108 cm³/mol. The van der Waals surface area contributed by atoms with Crippen LogP contribution in [0, 0.1) is 0 Å². The van der Waals surface area contributed by atoms with Crippen LogP contribution in [-0.4, -0.2) is 29.0 Å². The Morgan fingerprint density at radius 2 is 1.85 bits per heavy atom. The number of benzene rings is 2. The van der Waals surface area contributed by atoms with Crippen LogP contribution >= 0.6 is 35.0 Å². The van der Waals surface area contributed by atoms with Crippen molar-refractivity contribution in [3.63, 3.8) is 0 Å². The molecule has 0 atom stereocenters. The molecule has 27 heavy (non-hydrogen) atoms. The normalized spacial score (nSPS) is 15.1. The van der Waals surface area contributed by atoms with Crippen LogP contribution in [0.5, 0.6) is 0 Å². The smallest absolute Gasteiger partial charge is 0.290 e. The van der Waals surface area contributed by atoms with Crippen molar-refractivity contribution in [1.82, 2.24) is 10.2 Å². The van der Waals surface area contributed by atoms with Crippen molar-refractivity contribution in [3.8, 4) is 0 Å². The van der Waals surface area contributed by atoms with Crippen molar-refractivity contribution in [2.75, 3.05) is 7.05 Å². The zero-order chi connectivity index (χ0) is 19.6. The minimum absolute atomic E-state index is 0.164. The molecule has 1 aliphatic rings. The van der Waals surface area contributed by atoms with E-state index in [0.717, 1.165) is 22.9 Å². The van der Waals surface area contributed by atoms with Gasteiger partial charge in [-0.2, -0.15) is 0 Å². The number of halogens is 2. The molecule has 2 aromatic rings. The van der Waals surface area contributed by atoms with Crippen molar-refractivity contribution in [3.05, 3.63) is 74.1 Å². The van der Waals surface area contributed by atoms with Gasteiger partial charge in [0.15, 0.2) is 0 Å². The Hall–Kier alpha value is -2.28. The molecular formula is C19H14Cl2N2O3S. The molecule has 0 spiro atoms. The topological polar surface area (TPSA) is 66.5 Å². The SMILES string of the molecule is CN(Cc1ccc(Cl)cc1Cl)C(=O)c1ccc(/C=C2\SC(=O)NC2=O)cc1. The number of carbonyl (C=O) groups excluding carboxylic acids is 3. The molecule has 0 unspecified atom stereocenters. The van der Waals surface area contributed by atoms with Crippen LogP contribution in [0.25, 0.3) is 6.08 Å². The van der Waals surface area contributed by atoms with Crippen molar-refractivity contribution in [2.45, 2.75) is 6.54 Å². The van der Waals surface area contributed by atoms with E-state index in [4.69, 9.17) is 23.2 Å². The van der Waals surface area contributed by atoms with Crippen LogP contribution in [0.4, 0.5) is 4.79 Å². The van der Waals surface area contributed by atoms with Gasteiger partial charge in [0, 0.05) is 29.2 Å². The largest absolute Gasteiger partial charge is 0.337 e. The third kappa shape index (κ3) is 4.71. The molecule has 2 aromatic carbocycles. The summed E-state index contributed by atoms with van der Waals surface area (Å²) in [6, 6.07) is 11.9. The molecule has 0 aliphatic carbocycles. The van der Waals surface area contributed by atoms with Crippen molar-refractivity contribution >= 4 is 58.1 Å². The lowest BCUT2D eigenvalue weighted by atomic mass is 10.1. The van der Waals surface area contributed by atoms with E-state index in [9.17, 15) is 14.4 Å². The van der Waals surface area contributed by atoms with Gasteiger partial charge >= 0.3 is 0 Å². The Balaban J connectivity index is 1.70. The number of hydrogen-bond donors (Lipinski definition) is 1. The van der Waals surface area contributed by atoms with Crippen molar-refractivity contribution < 1.29 is 14.4 Å². The summed E-state index contributed by atoms with van der Waals surface area (Å²) in [5.74, 6) is -0.576. The van der Waals surface area contributed by atoms with Gasteiger partial charge in [0.2, 0.25) is 0 Å². The monoisotopic (exact) mass is 420 g/mol. The first kappa shape index (κ1) is 19.5. The number of carbonyl (C=O) groups is 3. The van der Waals surface area contributed by atoms with Crippen LogP contribution in [0.1, 0.15) is 21.5 Å². The van der Waals surface area contributed by atoms with Gasteiger partial charge in [-0.05, 0) is 53.2 Å². The minimum atomic E-state index is -0.412. The molecule has 1 fully saturated rings. The first-order chi connectivity index (χ1) is 12.8. The summed E-state index contributed by atoms with van der Waals surface area (Å²) >= 11 is 12.9. The molecule has 1 saturated heterocycles. The maximum absolute atomic E-state index is 12.6. The van der Waals surface area contributed by atoms with Gasteiger partial charge in [-0.3, -0.25) is 19.7 Å². The van der Waals surface area contributed by atoms with Crippen LogP contribution in [0.2, 0.25) is 10.0 Å². The van der Waals surface area contributed by atoms with Crippen LogP contribution in [0.3, 0.4) is 0 Å². The number of thioether (sulfide) groups is 1. The van der Waals surface area contributed by atoms with Gasteiger partial charge in [-0.15, -0.1) is 0 Å². The Morgan fingerprint density at radius 3 is 2.44 bits per heavy atom. The molecule has 0 bridgehead atoms. The molecule has 138 valence electrons. The fourth-order valence-electron chi connectivity index (χ4n) is 2.49. The zero-order valence-corrected chi connectivity index (χ0v) is 16.5. The first-order valence-electron chi connectivity index (χ1n) is 7.88. The molecule has 1 heterocycles. The highest BCUT2D eigenvalue weighted by Gasteiger charge is 2.24. The molecule has 5 nitrogen and oxygen atoms in total. The molecule has 0 radical (unpaired) electrons. The van der Waals surface area contributed by atoms with E-state index in [2.05, 4.69) is 5.32 Å². The summed E-state index contributed by atoms with van der Waals surface area (Å²) in [7, 11) is 1.69. The average molecular weight is 421 g/mol. The highest BCUT2D eigenvalue weighted by Crippen LogP contribution is 2.26. The van der Waals surface area contributed by atoms with Crippen molar-refractivity contribution in [1.29, 1.82) is 0 Å². The van der Waals surface area contributed by atoms with Gasteiger partial charge in [0.25, 0.3) is 17.1 Å².